The average Bonchev–Trinajstić information content (AvgIpc) is 2.81. The van der Waals surface area contributed by atoms with Crippen LogP contribution in [0.15, 0.2) is 17.1 Å². The topological polar surface area (TPSA) is 67.9 Å². The highest BCUT2D eigenvalue weighted by Gasteiger charge is 2.08. The standard InChI is InChI=1S/C11H15N5S/c1-8-9(3-12)4-13-11(15-8)16(2)5-10-6-17-7-14-10/h4,6-7H,3,5,12H2,1-2H3. The summed E-state index contributed by atoms with van der Waals surface area (Å²) in [4.78, 5) is 14.9. The molecule has 6 heteroatoms. The van der Waals surface area contributed by atoms with E-state index in [4.69, 9.17) is 5.73 Å². The second-order valence-electron chi connectivity index (χ2n) is 3.82. The number of aryl methyl sites for hydroxylation is 1. The Balaban J connectivity index is 2.14. The molecule has 2 rings (SSSR count). The lowest BCUT2D eigenvalue weighted by Crippen LogP contribution is -2.20. The lowest BCUT2D eigenvalue weighted by atomic mass is 10.2. The molecule has 2 heterocycles. The molecule has 0 radical (unpaired) electrons. The van der Waals surface area contributed by atoms with E-state index in [0.29, 0.717) is 19.0 Å². The first kappa shape index (κ1) is 11.9. The van der Waals surface area contributed by atoms with Gasteiger partial charge < -0.3 is 10.6 Å². The summed E-state index contributed by atoms with van der Waals surface area (Å²) in [6, 6.07) is 0. The first-order chi connectivity index (χ1) is 8.20. The van der Waals surface area contributed by atoms with Crippen molar-refractivity contribution in [3.63, 3.8) is 0 Å². The number of aromatic nitrogens is 3. The van der Waals surface area contributed by atoms with Crippen molar-refractivity contribution >= 4 is 17.3 Å². The molecule has 2 aromatic rings. The molecule has 0 atom stereocenters. The third kappa shape index (κ3) is 2.78. The van der Waals surface area contributed by atoms with Crippen LogP contribution in [0.1, 0.15) is 17.0 Å². The van der Waals surface area contributed by atoms with Crippen LogP contribution < -0.4 is 10.6 Å². The molecule has 5 nitrogen and oxygen atoms in total. The first-order valence-corrected chi connectivity index (χ1v) is 6.25. The lowest BCUT2D eigenvalue weighted by Gasteiger charge is -2.16. The van der Waals surface area contributed by atoms with E-state index in [2.05, 4.69) is 15.0 Å². The zero-order valence-corrected chi connectivity index (χ0v) is 10.7. The van der Waals surface area contributed by atoms with Crippen LogP contribution in [0.3, 0.4) is 0 Å². The van der Waals surface area contributed by atoms with E-state index in [-0.39, 0.29) is 0 Å². The molecule has 2 N–H and O–H groups in total. The summed E-state index contributed by atoms with van der Waals surface area (Å²) in [5.74, 6) is 0.702. The van der Waals surface area contributed by atoms with Crippen LogP contribution in [0, 0.1) is 6.92 Å². The van der Waals surface area contributed by atoms with Crippen molar-refractivity contribution in [1.82, 2.24) is 15.0 Å². The van der Waals surface area contributed by atoms with Crippen molar-refractivity contribution < 1.29 is 0 Å². The van der Waals surface area contributed by atoms with Crippen LogP contribution >= 0.6 is 11.3 Å². The van der Waals surface area contributed by atoms with Crippen molar-refractivity contribution in [2.24, 2.45) is 5.73 Å². The van der Waals surface area contributed by atoms with Crippen LogP contribution in [-0.4, -0.2) is 22.0 Å². The summed E-state index contributed by atoms with van der Waals surface area (Å²) < 4.78 is 0. The van der Waals surface area contributed by atoms with E-state index >= 15 is 0 Å². The van der Waals surface area contributed by atoms with Crippen LogP contribution in [0.4, 0.5) is 5.95 Å². The molecule has 0 aliphatic carbocycles. The summed E-state index contributed by atoms with van der Waals surface area (Å²) in [6.45, 7) is 3.14. The average molecular weight is 249 g/mol. The van der Waals surface area contributed by atoms with Gasteiger partial charge in [-0.3, -0.25) is 0 Å². The zero-order chi connectivity index (χ0) is 12.3. The summed E-state index contributed by atoms with van der Waals surface area (Å²) in [7, 11) is 1.95. The fourth-order valence-electron chi connectivity index (χ4n) is 1.49. The van der Waals surface area contributed by atoms with Crippen LogP contribution in [-0.2, 0) is 13.1 Å². The SMILES string of the molecule is Cc1nc(N(C)Cc2cscn2)ncc1CN. The number of anilines is 1. The molecule has 0 aliphatic rings. The van der Waals surface area contributed by atoms with Crippen molar-refractivity contribution in [3.05, 3.63) is 34.0 Å². The van der Waals surface area contributed by atoms with Gasteiger partial charge in [-0.2, -0.15) is 0 Å². The summed E-state index contributed by atoms with van der Waals surface area (Å²) >= 11 is 1.59. The van der Waals surface area contributed by atoms with E-state index in [1.807, 2.05) is 29.8 Å². The second-order valence-corrected chi connectivity index (χ2v) is 4.54. The molecule has 0 spiro atoms. The van der Waals surface area contributed by atoms with Gasteiger partial charge in [0.1, 0.15) is 0 Å². The van der Waals surface area contributed by atoms with E-state index in [1.54, 1.807) is 17.5 Å². The molecule has 0 fully saturated rings. The number of hydrogen-bond donors (Lipinski definition) is 1. The molecule has 17 heavy (non-hydrogen) atoms. The maximum Gasteiger partial charge on any atom is 0.225 e. The Morgan fingerprint density at radius 2 is 2.24 bits per heavy atom. The molecular formula is C11H15N5S. The van der Waals surface area contributed by atoms with Gasteiger partial charge in [-0.25, -0.2) is 15.0 Å². The number of thiazole rings is 1. The highest BCUT2D eigenvalue weighted by molar-refractivity contribution is 7.07. The number of nitrogens with zero attached hydrogens (tertiary/aromatic N) is 4. The lowest BCUT2D eigenvalue weighted by molar-refractivity contribution is 0.832. The Hall–Kier alpha value is -1.53. The molecule has 0 aromatic carbocycles. The molecule has 0 unspecified atom stereocenters. The minimum Gasteiger partial charge on any atom is -0.338 e. The Morgan fingerprint density at radius 3 is 2.82 bits per heavy atom. The maximum atomic E-state index is 5.58. The Labute approximate surface area is 104 Å². The molecular weight excluding hydrogens is 234 g/mol. The van der Waals surface area contributed by atoms with Gasteiger partial charge in [-0.15, -0.1) is 11.3 Å². The van der Waals surface area contributed by atoms with Crippen molar-refractivity contribution in [3.8, 4) is 0 Å². The van der Waals surface area contributed by atoms with E-state index in [1.165, 1.54) is 0 Å². The molecule has 0 aliphatic heterocycles. The second kappa shape index (κ2) is 5.20. The van der Waals surface area contributed by atoms with Gasteiger partial charge in [0, 0.05) is 36.4 Å². The number of rotatable bonds is 4. The Kier molecular flexibility index (Phi) is 3.65. The van der Waals surface area contributed by atoms with Gasteiger partial charge in [0.25, 0.3) is 0 Å². The van der Waals surface area contributed by atoms with Gasteiger partial charge in [0.15, 0.2) is 0 Å². The monoisotopic (exact) mass is 249 g/mol. The molecule has 0 amide bonds. The summed E-state index contributed by atoms with van der Waals surface area (Å²) in [5.41, 5.74) is 10.4. The van der Waals surface area contributed by atoms with Crippen molar-refractivity contribution in [2.75, 3.05) is 11.9 Å². The summed E-state index contributed by atoms with van der Waals surface area (Å²) in [5, 5.41) is 2.03. The third-order valence-electron chi connectivity index (χ3n) is 2.51. The van der Waals surface area contributed by atoms with Gasteiger partial charge in [0.05, 0.1) is 17.7 Å². The minimum absolute atomic E-state index is 0.474. The Morgan fingerprint density at radius 1 is 1.41 bits per heavy atom. The molecule has 0 saturated heterocycles. The minimum atomic E-state index is 0.474. The predicted octanol–water partition coefficient (Wildman–Crippen LogP) is 1.34. The third-order valence-corrected chi connectivity index (χ3v) is 3.15. The van der Waals surface area contributed by atoms with Gasteiger partial charge in [-0.1, -0.05) is 0 Å². The van der Waals surface area contributed by atoms with Gasteiger partial charge >= 0.3 is 0 Å². The maximum absolute atomic E-state index is 5.58. The van der Waals surface area contributed by atoms with Gasteiger partial charge in [-0.05, 0) is 6.92 Å². The van der Waals surface area contributed by atoms with Crippen LogP contribution in [0.25, 0.3) is 0 Å². The van der Waals surface area contributed by atoms with E-state index in [0.717, 1.165) is 17.0 Å². The normalized spacial score (nSPS) is 10.5. The van der Waals surface area contributed by atoms with Gasteiger partial charge in [0.2, 0.25) is 5.95 Å². The molecule has 90 valence electrons. The molecule has 2 aromatic heterocycles. The van der Waals surface area contributed by atoms with Crippen LogP contribution in [0.5, 0.6) is 0 Å². The number of hydrogen-bond acceptors (Lipinski definition) is 6. The fourth-order valence-corrected chi connectivity index (χ4v) is 2.04. The fraction of sp³-hybridized carbons (Fsp3) is 0.364. The number of nitrogens with two attached hydrogens (primary N) is 1. The van der Waals surface area contributed by atoms with Crippen molar-refractivity contribution in [2.45, 2.75) is 20.0 Å². The Bertz CT molecular complexity index is 483. The highest BCUT2D eigenvalue weighted by Crippen LogP contribution is 2.12. The smallest absolute Gasteiger partial charge is 0.225 e. The zero-order valence-electron chi connectivity index (χ0n) is 9.92. The molecule has 0 bridgehead atoms. The summed E-state index contributed by atoms with van der Waals surface area (Å²) in [6.07, 6.45) is 1.79. The van der Waals surface area contributed by atoms with E-state index < -0.39 is 0 Å². The quantitative estimate of drug-likeness (QED) is 0.885. The molecule has 0 saturated carbocycles. The first-order valence-electron chi connectivity index (χ1n) is 5.31. The van der Waals surface area contributed by atoms with Crippen LogP contribution in [0.2, 0.25) is 0 Å². The largest absolute Gasteiger partial charge is 0.338 e. The van der Waals surface area contributed by atoms with E-state index in [9.17, 15) is 0 Å². The van der Waals surface area contributed by atoms with Crippen molar-refractivity contribution in [1.29, 1.82) is 0 Å². The highest BCUT2D eigenvalue weighted by atomic mass is 32.1. The predicted molar refractivity (Wildman–Crippen MR) is 68.9 cm³/mol.